The first-order chi connectivity index (χ1) is 6.25. The van der Waals surface area contributed by atoms with Gasteiger partial charge in [-0.2, -0.15) is 0 Å². The molecule has 0 spiro atoms. The van der Waals surface area contributed by atoms with Gasteiger partial charge < -0.3 is 9.74 Å². The molecule has 1 rings (SSSR count). The van der Waals surface area contributed by atoms with Crippen LogP contribution < -0.4 is 4.90 Å². The molecule has 0 N–H and O–H groups in total. The summed E-state index contributed by atoms with van der Waals surface area (Å²) in [4.78, 5) is 5.51. The lowest BCUT2D eigenvalue weighted by atomic mass is 10.2. The zero-order valence-corrected chi connectivity index (χ0v) is 8.07. The first kappa shape index (κ1) is 9.60. The van der Waals surface area contributed by atoms with Crippen molar-refractivity contribution in [1.82, 2.24) is 0 Å². The van der Waals surface area contributed by atoms with Gasteiger partial charge in [0.25, 0.3) is 0 Å². The highest BCUT2D eigenvalue weighted by Crippen LogP contribution is 2.13. The molecule has 0 amide bonds. The Kier molecular flexibility index (Phi) is 3.33. The lowest BCUT2D eigenvalue weighted by Gasteiger charge is -2.22. The smallest absolute Gasteiger partial charge is 0.234 e. The lowest BCUT2D eigenvalue weighted by Crippen LogP contribution is -2.30. The average molecular weight is 174 g/mol. The molecule has 1 unspecified atom stereocenters. The highest BCUT2D eigenvalue weighted by atomic mass is 15.1. The first-order valence-electron chi connectivity index (χ1n) is 4.37. The van der Waals surface area contributed by atoms with Crippen molar-refractivity contribution in [3.8, 4) is 0 Å². The Morgan fingerprint density at radius 3 is 2.54 bits per heavy atom. The van der Waals surface area contributed by atoms with Crippen molar-refractivity contribution in [2.75, 3.05) is 18.5 Å². The summed E-state index contributed by atoms with van der Waals surface area (Å²) >= 11 is 0. The summed E-state index contributed by atoms with van der Waals surface area (Å²) in [5.74, 6) is 0. The first-order valence-corrected chi connectivity index (χ1v) is 4.37. The molecular formula is C11H14N2. The summed E-state index contributed by atoms with van der Waals surface area (Å²) in [6, 6.07) is 10.4. The Bertz CT molecular complexity index is 287. The molecule has 2 heteroatoms. The number of nitrogens with zero attached hydrogens (tertiary/aromatic N) is 2. The van der Waals surface area contributed by atoms with Crippen molar-refractivity contribution in [2.24, 2.45) is 0 Å². The second-order valence-corrected chi connectivity index (χ2v) is 3.14. The van der Waals surface area contributed by atoms with Gasteiger partial charge in [0.05, 0.1) is 6.04 Å². The maximum absolute atomic E-state index is 6.79. The van der Waals surface area contributed by atoms with E-state index in [1.165, 1.54) is 5.69 Å². The molecule has 2 nitrogen and oxygen atoms in total. The van der Waals surface area contributed by atoms with E-state index < -0.39 is 0 Å². The molecule has 0 aliphatic rings. The van der Waals surface area contributed by atoms with Crippen LogP contribution in [0.5, 0.6) is 0 Å². The van der Waals surface area contributed by atoms with Crippen LogP contribution in [0.25, 0.3) is 4.85 Å². The third kappa shape index (κ3) is 2.48. The van der Waals surface area contributed by atoms with Crippen molar-refractivity contribution in [3.63, 3.8) is 0 Å². The Morgan fingerprint density at radius 1 is 1.38 bits per heavy atom. The van der Waals surface area contributed by atoms with Crippen molar-refractivity contribution >= 4 is 5.69 Å². The molecule has 0 heterocycles. The molecule has 1 aromatic carbocycles. The van der Waals surface area contributed by atoms with Crippen LogP contribution in [0.15, 0.2) is 30.3 Å². The third-order valence-electron chi connectivity index (χ3n) is 2.18. The fourth-order valence-corrected chi connectivity index (χ4v) is 1.17. The molecule has 1 aromatic rings. The Morgan fingerprint density at radius 2 is 2.00 bits per heavy atom. The number of para-hydroxylation sites is 1. The van der Waals surface area contributed by atoms with Crippen molar-refractivity contribution in [1.29, 1.82) is 0 Å². The van der Waals surface area contributed by atoms with E-state index in [1.807, 2.05) is 25.2 Å². The molecule has 0 aromatic heterocycles. The normalized spacial score (nSPS) is 11.8. The zero-order chi connectivity index (χ0) is 9.68. The van der Waals surface area contributed by atoms with E-state index in [-0.39, 0.29) is 6.04 Å². The molecule has 0 aliphatic heterocycles. The molecule has 13 heavy (non-hydrogen) atoms. The van der Waals surface area contributed by atoms with Crippen LogP contribution in [-0.4, -0.2) is 19.6 Å². The lowest BCUT2D eigenvalue weighted by molar-refractivity contribution is 0.734. The fourth-order valence-electron chi connectivity index (χ4n) is 1.17. The van der Waals surface area contributed by atoms with Gasteiger partial charge in [0.15, 0.2) is 0 Å². The number of benzene rings is 1. The van der Waals surface area contributed by atoms with E-state index in [4.69, 9.17) is 6.57 Å². The van der Waals surface area contributed by atoms with Gasteiger partial charge in [-0.3, -0.25) is 0 Å². The average Bonchev–Trinajstić information content (AvgIpc) is 2.18. The Balaban J connectivity index is 2.69. The summed E-state index contributed by atoms with van der Waals surface area (Å²) in [6.07, 6.45) is 0. The molecule has 0 bridgehead atoms. The predicted octanol–water partition coefficient (Wildman–Crippen LogP) is 2.43. The summed E-state index contributed by atoms with van der Waals surface area (Å²) in [7, 11) is 2.02. The summed E-state index contributed by atoms with van der Waals surface area (Å²) in [5.41, 5.74) is 1.17. The number of likely N-dealkylation sites (N-methyl/N-ethyl adjacent to an activating group) is 1. The zero-order valence-electron chi connectivity index (χ0n) is 8.07. The Labute approximate surface area is 79.6 Å². The van der Waals surface area contributed by atoms with Gasteiger partial charge in [-0.05, 0) is 19.1 Å². The van der Waals surface area contributed by atoms with Gasteiger partial charge >= 0.3 is 0 Å². The van der Waals surface area contributed by atoms with Gasteiger partial charge in [0.1, 0.15) is 0 Å². The van der Waals surface area contributed by atoms with E-state index in [2.05, 4.69) is 28.8 Å². The van der Waals surface area contributed by atoms with Crippen LogP contribution in [0, 0.1) is 6.57 Å². The molecule has 1 atom stereocenters. The molecule has 0 radical (unpaired) electrons. The molecule has 0 saturated carbocycles. The van der Waals surface area contributed by atoms with Crippen LogP contribution >= 0.6 is 0 Å². The second-order valence-electron chi connectivity index (χ2n) is 3.14. The van der Waals surface area contributed by atoms with Gasteiger partial charge in [0, 0.05) is 12.7 Å². The number of hydrogen-bond acceptors (Lipinski definition) is 1. The SMILES string of the molecule is [C-]#[N+]CC(C)N(C)c1ccccc1. The van der Waals surface area contributed by atoms with E-state index in [1.54, 1.807) is 0 Å². The quantitative estimate of drug-likeness (QED) is 0.639. The summed E-state index contributed by atoms with van der Waals surface area (Å²) in [5, 5.41) is 0. The van der Waals surface area contributed by atoms with Crippen LogP contribution in [0.3, 0.4) is 0 Å². The third-order valence-corrected chi connectivity index (χ3v) is 2.18. The van der Waals surface area contributed by atoms with E-state index in [0.29, 0.717) is 6.54 Å². The molecular weight excluding hydrogens is 160 g/mol. The fraction of sp³-hybridized carbons (Fsp3) is 0.364. The number of anilines is 1. The van der Waals surface area contributed by atoms with Crippen molar-refractivity contribution in [3.05, 3.63) is 41.7 Å². The van der Waals surface area contributed by atoms with E-state index >= 15 is 0 Å². The predicted molar refractivity (Wildman–Crippen MR) is 55.8 cm³/mol. The van der Waals surface area contributed by atoms with Crippen LogP contribution in [-0.2, 0) is 0 Å². The van der Waals surface area contributed by atoms with Crippen molar-refractivity contribution < 1.29 is 0 Å². The monoisotopic (exact) mass is 174 g/mol. The molecule has 0 aliphatic carbocycles. The minimum Gasteiger partial charge on any atom is -0.364 e. The van der Waals surface area contributed by atoms with E-state index in [0.717, 1.165) is 0 Å². The van der Waals surface area contributed by atoms with E-state index in [9.17, 15) is 0 Å². The van der Waals surface area contributed by atoms with Gasteiger partial charge in [-0.15, -0.1) is 0 Å². The maximum Gasteiger partial charge on any atom is 0.234 e. The Hall–Kier alpha value is -1.49. The topological polar surface area (TPSA) is 7.60 Å². The number of hydrogen-bond donors (Lipinski definition) is 0. The van der Waals surface area contributed by atoms with Gasteiger partial charge in [-0.25, -0.2) is 6.57 Å². The van der Waals surface area contributed by atoms with Crippen LogP contribution in [0.1, 0.15) is 6.92 Å². The molecule has 0 fully saturated rings. The van der Waals surface area contributed by atoms with Crippen LogP contribution in [0.4, 0.5) is 5.69 Å². The minimum atomic E-state index is 0.278. The van der Waals surface area contributed by atoms with Gasteiger partial charge in [-0.1, -0.05) is 18.2 Å². The molecule has 0 saturated heterocycles. The summed E-state index contributed by atoms with van der Waals surface area (Å²) in [6.45, 7) is 9.39. The highest BCUT2D eigenvalue weighted by Gasteiger charge is 2.10. The standard InChI is InChI=1S/C11H14N2/c1-10(9-12-2)13(3)11-7-5-4-6-8-11/h4-8,10H,9H2,1,3H3. The second kappa shape index (κ2) is 4.51. The highest BCUT2D eigenvalue weighted by molar-refractivity contribution is 5.46. The maximum atomic E-state index is 6.79. The van der Waals surface area contributed by atoms with Crippen molar-refractivity contribution in [2.45, 2.75) is 13.0 Å². The van der Waals surface area contributed by atoms with Crippen LogP contribution in [0.2, 0.25) is 0 Å². The molecule has 68 valence electrons. The largest absolute Gasteiger partial charge is 0.364 e. The summed E-state index contributed by atoms with van der Waals surface area (Å²) < 4.78 is 0. The minimum absolute atomic E-state index is 0.278. The number of rotatable bonds is 3. The van der Waals surface area contributed by atoms with Gasteiger partial charge in [0.2, 0.25) is 6.54 Å².